The third-order valence-electron chi connectivity index (χ3n) is 7.54. The standard InChI is InChI=1S/C31H33ClFN5O2/c1-5-27(40)36-13-14-37(20(4)16-36)30-24-15-25(32)28(23-10-6-7-12-26(23)33)35-31(24)38(18-34-30)29-21(17-39)9-8-11-22(29)19(2)3/h5-12,15,19-20,39H,1,13-14,16-18H2,2-4H3/t20-/m0/s1. The Morgan fingerprint density at radius 1 is 1.20 bits per heavy atom. The molecule has 7 nitrogen and oxygen atoms in total. The average Bonchev–Trinajstić information content (AvgIpc) is 2.96. The van der Waals surface area contributed by atoms with E-state index in [0.717, 1.165) is 22.6 Å². The molecule has 2 aromatic carbocycles. The first-order valence-corrected chi connectivity index (χ1v) is 13.8. The monoisotopic (exact) mass is 561 g/mol. The molecule has 1 amide bonds. The number of aliphatic hydroxyl groups is 1. The molecule has 2 aliphatic rings. The first kappa shape index (κ1) is 27.8. The maximum absolute atomic E-state index is 14.9. The van der Waals surface area contributed by atoms with Crippen LogP contribution in [0.2, 0.25) is 5.02 Å². The van der Waals surface area contributed by atoms with E-state index >= 15 is 0 Å². The van der Waals surface area contributed by atoms with Gasteiger partial charge in [0.15, 0.2) is 0 Å². The lowest BCUT2D eigenvalue weighted by Crippen LogP contribution is -2.56. The van der Waals surface area contributed by atoms with Crippen molar-refractivity contribution in [1.29, 1.82) is 0 Å². The Bertz CT molecular complexity index is 1490. The van der Waals surface area contributed by atoms with Crippen LogP contribution < -0.4 is 4.90 Å². The lowest BCUT2D eigenvalue weighted by Gasteiger charge is -2.43. The number of para-hydroxylation sites is 1. The Balaban J connectivity index is 1.67. The molecular formula is C31H33ClFN5O2. The van der Waals surface area contributed by atoms with E-state index in [1.54, 1.807) is 29.2 Å². The van der Waals surface area contributed by atoms with E-state index in [-0.39, 0.29) is 31.1 Å². The van der Waals surface area contributed by atoms with Crippen LogP contribution in [0, 0.1) is 5.82 Å². The van der Waals surface area contributed by atoms with Crippen molar-refractivity contribution < 1.29 is 14.3 Å². The van der Waals surface area contributed by atoms with E-state index < -0.39 is 5.82 Å². The molecule has 0 spiro atoms. The van der Waals surface area contributed by atoms with Crippen LogP contribution in [0.15, 0.2) is 66.2 Å². The van der Waals surface area contributed by atoms with E-state index in [4.69, 9.17) is 21.6 Å². The van der Waals surface area contributed by atoms with Crippen molar-refractivity contribution in [3.05, 3.63) is 88.7 Å². The van der Waals surface area contributed by atoms with Gasteiger partial charge in [0.1, 0.15) is 24.1 Å². The van der Waals surface area contributed by atoms with Crippen LogP contribution in [0.4, 0.5) is 15.9 Å². The average molecular weight is 562 g/mol. The predicted octanol–water partition coefficient (Wildman–Crippen LogP) is 5.73. The molecule has 1 atom stereocenters. The van der Waals surface area contributed by atoms with Gasteiger partial charge in [-0.3, -0.25) is 4.79 Å². The fourth-order valence-electron chi connectivity index (χ4n) is 5.54. The third-order valence-corrected chi connectivity index (χ3v) is 7.83. The van der Waals surface area contributed by atoms with Crippen molar-refractivity contribution in [3.8, 4) is 11.3 Å². The van der Waals surface area contributed by atoms with E-state index in [0.29, 0.717) is 47.3 Å². The van der Waals surface area contributed by atoms with Crippen LogP contribution >= 0.6 is 11.6 Å². The first-order chi connectivity index (χ1) is 19.2. The van der Waals surface area contributed by atoms with E-state index in [1.807, 2.05) is 23.1 Å². The zero-order valence-electron chi connectivity index (χ0n) is 22.9. The third kappa shape index (κ3) is 4.97. The number of rotatable bonds is 5. The molecule has 1 aromatic heterocycles. The number of hydrogen-bond acceptors (Lipinski definition) is 6. The van der Waals surface area contributed by atoms with Crippen LogP contribution in [0.3, 0.4) is 0 Å². The quantitative estimate of drug-likeness (QED) is 0.403. The number of fused-ring (bicyclic) bond motifs is 1. The summed E-state index contributed by atoms with van der Waals surface area (Å²) in [6, 6.07) is 14.1. The van der Waals surface area contributed by atoms with E-state index in [1.165, 1.54) is 12.1 Å². The largest absolute Gasteiger partial charge is 0.392 e. The molecule has 5 rings (SSSR count). The number of aliphatic hydroxyl groups excluding tert-OH is 1. The van der Waals surface area contributed by atoms with Gasteiger partial charge in [-0.25, -0.2) is 14.4 Å². The normalized spacial score (nSPS) is 17.1. The summed E-state index contributed by atoms with van der Waals surface area (Å²) in [5.74, 6) is 0.982. The van der Waals surface area contributed by atoms with Gasteiger partial charge < -0.3 is 19.8 Å². The number of nitrogens with zero attached hydrogens (tertiary/aromatic N) is 5. The molecule has 1 N–H and O–H groups in total. The minimum atomic E-state index is -0.414. The van der Waals surface area contributed by atoms with E-state index in [2.05, 4.69) is 32.3 Å². The van der Waals surface area contributed by atoms with Gasteiger partial charge in [-0.05, 0) is 42.7 Å². The second-order valence-electron chi connectivity index (χ2n) is 10.4. The molecule has 0 bridgehead atoms. The van der Waals surface area contributed by atoms with Gasteiger partial charge in [-0.2, -0.15) is 0 Å². The van der Waals surface area contributed by atoms with Gasteiger partial charge in [-0.1, -0.05) is 62.4 Å². The highest BCUT2D eigenvalue weighted by Gasteiger charge is 2.35. The molecule has 0 aliphatic carbocycles. The summed E-state index contributed by atoms with van der Waals surface area (Å²) < 4.78 is 14.9. The van der Waals surface area contributed by atoms with Crippen LogP contribution in [-0.4, -0.2) is 64.0 Å². The number of aromatic nitrogens is 1. The van der Waals surface area contributed by atoms with Crippen molar-refractivity contribution in [2.45, 2.75) is 39.3 Å². The summed E-state index contributed by atoms with van der Waals surface area (Å²) in [4.78, 5) is 28.2. The molecule has 0 unspecified atom stereocenters. The molecule has 1 fully saturated rings. The number of anilines is 2. The number of pyridine rings is 1. The topological polar surface area (TPSA) is 72.3 Å². The molecule has 2 aliphatic heterocycles. The number of hydrogen-bond donors (Lipinski definition) is 1. The number of carbonyl (C=O) groups is 1. The van der Waals surface area contributed by atoms with Gasteiger partial charge in [0.2, 0.25) is 5.91 Å². The Labute approximate surface area is 239 Å². The second kappa shape index (κ2) is 11.4. The van der Waals surface area contributed by atoms with Crippen molar-refractivity contribution in [2.75, 3.05) is 31.2 Å². The van der Waals surface area contributed by atoms with Gasteiger partial charge in [0.25, 0.3) is 0 Å². The van der Waals surface area contributed by atoms with Gasteiger partial charge >= 0.3 is 0 Å². The summed E-state index contributed by atoms with van der Waals surface area (Å²) in [6.07, 6.45) is 1.34. The summed E-state index contributed by atoms with van der Waals surface area (Å²) in [6.45, 7) is 11.6. The fraction of sp³-hybridized carbons (Fsp3) is 0.323. The molecule has 0 saturated carbocycles. The molecule has 40 heavy (non-hydrogen) atoms. The summed E-state index contributed by atoms with van der Waals surface area (Å²) in [7, 11) is 0. The SMILES string of the molecule is C=CC(=O)N1CCN(C2=NCN(c3c(CO)cccc3C(C)C)c3nc(-c4ccccc4F)c(Cl)cc32)[C@@H](C)C1. The number of amides is 1. The Kier molecular flexibility index (Phi) is 7.92. The molecule has 1 saturated heterocycles. The van der Waals surface area contributed by atoms with Gasteiger partial charge in [0.05, 0.1) is 28.6 Å². The van der Waals surface area contributed by atoms with Crippen molar-refractivity contribution >= 4 is 34.8 Å². The minimum absolute atomic E-state index is 0.0169. The van der Waals surface area contributed by atoms with Crippen molar-refractivity contribution in [1.82, 2.24) is 14.8 Å². The zero-order valence-corrected chi connectivity index (χ0v) is 23.7. The number of piperazine rings is 1. The molecule has 0 radical (unpaired) electrons. The highest BCUT2D eigenvalue weighted by molar-refractivity contribution is 6.33. The van der Waals surface area contributed by atoms with E-state index in [9.17, 15) is 14.3 Å². The Hall–Kier alpha value is -3.75. The number of carbonyl (C=O) groups excluding carboxylic acids is 1. The smallest absolute Gasteiger partial charge is 0.246 e. The minimum Gasteiger partial charge on any atom is -0.392 e. The summed E-state index contributed by atoms with van der Waals surface area (Å²) in [5, 5.41) is 10.6. The molecule has 9 heteroatoms. The predicted molar refractivity (Wildman–Crippen MR) is 158 cm³/mol. The molecule has 3 aromatic rings. The van der Waals surface area contributed by atoms with Crippen LogP contribution in [0.5, 0.6) is 0 Å². The number of amidine groups is 1. The van der Waals surface area contributed by atoms with Gasteiger partial charge in [-0.15, -0.1) is 0 Å². The number of halogens is 2. The number of benzene rings is 2. The summed E-state index contributed by atoms with van der Waals surface area (Å²) >= 11 is 6.80. The van der Waals surface area contributed by atoms with Crippen LogP contribution in [0.25, 0.3) is 11.3 Å². The summed E-state index contributed by atoms with van der Waals surface area (Å²) in [5.41, 5.74) is 4.01. The lowest BCUT2D eigenvalue weighted by atomic mass is 9.96. The Morgan fingerprint density at radius 3 is 2.65 bits per heavy atom. The van der Waals surface area contributed by atoms with Crippen molar-refractivity contribution in [3.63, 3.8) is 0 Å². The number of aliphatic imine (C=N–C) groups is 1. The Morgan fingerprint density at radius 2 is 1.98 bits per heavy atom. The highest BCUT2D eigenvalue weighted by atomic mass is 35.5. The van der Waals surface area contributed by atoms with Crippen LogP contribution in [-0.2, 0) is 11.4 Å². The lowest BCUT2D eigenvalue weighted by molar-refractivity contribution is -0.128. The second-order valence-corrected chi connectivity index (χ2v) is 10.8. The molecule has 208 valence electrons. The maximum Gasteiger partial charge on any atom is 0.246 e. The first-order valence-electron chi connectivity index (χ1n) is 13.4. The van der Waals surface area contributed by atoms with Gasteiger partial charge in [0, 0.05) is 36.8 Å². The van der Waals surface area contributed by atoms with Crippen molar-refractivity contribution in [2.24, 2.45) is 4.99 Å². The maximum atomic E-state index is 14.9. The molecule has 3 heterocycles. The molecular weight excluding hydrogens is 529 g/mol. The van der Waals surface area contributed by atoms with Crippen LogP contribution in [0.1, 0.15) is 43.4 Å². The highest BCUT2D eigenvalue weighted by Crippen LogP contribution is 2.42. The fourth-order valence-corrected chi connectivity index (χ4v) is 5.79. The zero-order chi connectivity index (χ0) is 28.6.